The largest absolute Gasteiger partial charge is 0.442 e. The number of carbonyl (C=O) groups excluding carboxylic acids is 1. The van der Waals surface area contributed by atoms with Gasteiger partial charge in [0.25, 0.3) is 0 Å². The van der Waals surface area contributed by atoms with Crippen LogP contribution >= 0.6 is 0 Å². The first-order chi connectivity index (χ1) is 8.69. The van der Waals surface area contributed by atoms with Crippen molar-refractivity contribution in [1.29, 1.82) is 0 Å². The van der Waals surface area contributed by atoms with Gasteiger partial charge >= 0.3 is 5.97 Å². The number of benzene rings is 1. The lowest BCUT2D eigenvalue weighted by molar-refractivity contribution is 0.0104. The van der Waals surface area contributed by atoms with Gasteiger partial charge in [-0.05, 0) is 43.4 Å². The Hall–Kier alpha value is -2.01. The SMILES string of the molecule is C#CC1(OC(=O)c2ccc(C=C)cc2)CCCC1. The van der Waals surface area contributed by atoms with Gasteiger partial charge in [0.2, 0.25) is 0 Å². The highest BCUT2D eigenvalue weighted by atomic mass is 16.6. The molecule has 18 heavy (non-hydrogen) atoms. The van der Waals surface area contributed by atoms with Crippen LogP contribution in [0.25, 0.3) is 6.08 Å². The van der Waals surface area contributed by atoms with E-state index in [4.69, 9.17) is 11.2 Å². The molecule has 0 saturated heterocycles. The van der Waals surface area contributed by atoms with Gasteiger partial charge in [-0.3, -0.25) is 0 Å². The van der Waals surface area contributed by atoms with Gasteiger partial charge in [-0.2, -0.15) is 0 Å². The van der Waals surface area contributed by atoms with E-state index in [2.05, 4.69) is 12.5 Å². The van der Waals surface area contributed by atoms with Crippen LogP contribution in [0.1, 0.15) is 41.6 Å². The molecule has 0 amide bonds. The van der Waals surface area contributed by atoms with Crippen LogP contribution in [-0.4, -0.2) is 11.6 Å². The zero-order valence-electron chi connectivity index (χ0n) is 10.3. The Kier molecular flexibility index (Phi) is 3.53. The maximum Gasteiger partial charge on any atom is 0.339 e. The molecule has 0 aromatic heterocycles. The molecule has 2 heteroatoms. The highest BCUT2D eigenvalue weighted by Crippen LogP contribution is 2.33. The summed E-state index contributed by atoms with van der Waals surface area (Å²) >= 11 is 0. The minimum Gasteiger partial charge on any atom is -0.442 e. The molecule has 2 nitrogen and oxygen atoms in total. The minimum atomic E-state index is -0.686. The van der Waals surface area contributed by atoms with Crippen LogP contribution in [0.4, 0.5) is 0 Å². The summed E-state index contributed by atoms with van der Waals surface area (Å²) in [7, 11) is 0. The highest BCUT2D eigenvalue weighted by Gasteiger charge is 2.35. The summed E-state index contributed by atoms with van der Waals surface area (Å²) in [5.41, 5.74) is 0.815. The van der Waals surface area contributed by atoms with Crippen LogP contribution in [0, 0.1) is 12.3 Å². The first kappa shape index (κ1) is 12.4. The zero-order chi connectivity index (χ0) is 13.0. The Labute approximate surface area is 108 Å². The van der Waals surface area contributed by atoms with Gasteiger partial charge in [0, 0.05) is 0 Å². The standard InChI is InChI=1S/C16H16O2/c1-3-13-7-9-14(10-8-13)15(17)18-16(4-2)11-5-6-12-16/h2-3,7-10H,1,5-6,11-12H2. The maximum absolute atomic E-state index is 12.0. The smallest absolute Gasteiger partial charge is 0.339 e. The van der Waals surface area contributed by atoms with Crippen molar-refractivity contribution >= 4 is 12.0 Å². The molecule has 0 heterocycles. The van der Waals surface area contributed by atoms with Crippen molar-refractivity contribution in [2.45, 2.75) is 31.3 Å². The summed E-state index contributed by atoms with van der Waals surface area (Å²) in [5.74, 6) is 2.30. The zero-order valence-corrected chi connectivity index (χ0v) is 10.3. The fourth-order valence-electron chi connectivity index (χ4n) is 2.21. The third kappa shape index (κ3) is 2.46. The predicted octanol–water partition coefficient (Wildman–Crippen LogP) is 3.43. The molecule has 2 rings (SSSR count). The average Bonchev–Trinajstić information content (AvgIpc) is 2.88. The summed E-state index contributed by atoms with van der Waals surface area (Å²) in [5, 5.41) is 0. The van der Waals surface area contributed by atoms with Crippen molar-refractivity contribution in [3.05, 3.63) is 42.0 Å². The van der Waals surface area contributed by atoms with Gasteiger partial charge in [-0.15, -0.1) is 6.42 Å². The van der Waals surface area contributed by atoms with E-state index in [9.17, 15) is 4.79 Å². The quantitative estimate of drug-likeness (QED) is 0.597. The summed E-state index contributed by atoms with van der Waals surface area (Å²) in [6.45, 7) is 3.67. The highest BCUT2D eigenvalue weighted by molar-refractivity contribution is 5.90. The van der Waals surface area contributed by atoms with E-state index < -0.39 is 5.60 Å². The number of carbonyl (C=O) groups is 1. The van der Waals surface area contributed by atoms with Gasteiger partial charge in [0.15, 0.2) is 5.60 Å². The van der Waals surface area contributed by atoms with Crippen molar-refractivity contribution < 1.29 is 9.53 Å². The molecule has 1 aliphatic carbocycles. The molecule has 0 unspecified atom stereocenters. The molecule has 1 saturated carbocycles. The van der Waals surface area contributed by atoms with Crippen LogP contribution in [0.2, 0.25) is 0 Å². The second kappa shape index (κ2) is 5.10. The first-order valence-electron chi connectivity index (χ1n) is 6.13. The van der Waals surface area contributed by atoms with Crippen LogP contribution < -0.4 is 0 Å². The molecule has 1 fully saturated rings. The number of hydrogen-bond acceptors (Lipinski definition) is 2. The third-order valence-electron chi connectivity index (χ3n) is 3.34. The summed E-state index contributed by atoms with van der Waals surface area (Å²) in [6, 6.07) is 7.14. The number of terminal acetylenes is 1. The number of rotatable bonds is 3. The van der Waals surface area contributed by atoms with E-state index in [-0.39, 0.29) is 5.97 Å². The molecule has 0 N–H and O–H groups in total. The van der Waals surface area contributed by atoms with Gasteiger partial charge < -0.3 is 4.74 Å². The van der Waals surface area contributed by atoms with Gasteiger partial charge in [0.1, 0.15) is 0 Å². The molecule has 1 aliphatic rings. The van der Waals surface area contributed by atoms with Crippen molar-refractivity contribution in [3.63, 3.8) is 0 Å². The van der Waals surface area contributed by atoms with Crippen molar-refractivity contribution in [3.8, 4) is 12.3 Å². The Bertz CT molecular complexity index is 485. The summed E-state index contributed by atoms with van der Waals surface area (Å²) in [6.07, 6.45) is 10.8. The predicted molar refractivity (Wildman–Crippen MR) is 72.0 cm³/mol. The van der Waals surface area contributed by atoms with Gasteiger partial charge in [0.05, 0.1) is 5.56 Å². The lowest BCUT2D eigenvalue weighted by Crippen LogP contribution is -2.30. The van der Waals surface area contributed by atoms with Crippen LogP contribution in [0.15, 0.2) is 30.8 Å². The van der Waals surface area contributed by atoms with Gasteiger partial charge in [-0.25, -0.2) is 4.79 Å². The van der Waals surface area contributed by atoms with E-state index in [0.29, 0.717) is 5.56 Å². The molecule has 1 aromatic carbocycles. The second-order valence-electron chi connectivity index (χ2n) is 4.56. The van der Waals surface area contributed by atoms with E-state index >= 15 is 0 Å². The molecule has 0 aliphatic heterocycles. The monoisotopic (exact) mass is 240 g/mol. The van der Waals surface area contributed by atoms with E-state index in [0.717, 1.165) is 31.2 Å². The van der Waals surface area contributed by atoms with E-state index in [1.807, 2.05) is 12.1 Å². The van der Waals surface area contributed by atoms with Gasteiger partial charge in [-0.1, -0.05) is 30.7 Å². The topological polar surface area (TPSA) is 26.3 Å². The Balaban J connectivity index is 2.11. The first-order valence-corrected chi connectivity index (χ1v) is 6.13. The van der Waals surface area contributed by atoms with E-state index in [1.165, 1.54) is 0 Å². The van der Waals surface area contributed by atoms with Crippen LogP contribution in [-0.2, 0) is 4.74 Å². The average molecular weight is 240 g/mol. The normalized spacial score (nSPS) is 16.8. The lowest BCUT2D eigenvalue weighted by atomic mass is 10.0. The molecule has 0 radical (unpaired) electrons. The van der Waals surface area contributed by atoms with Crippen molar-refractivity contribution in [2.24, 2.45) is 0 Å². The van der Waals surface area contributed by atoms with Crippen LogP contribution in [0.3, 0.4) is 0 Å². The Morgan fingerprint density at radius 1 is 1.33 bits per heavy atom. The number of hydrogen-bond donors (Lipinski definition) is 0. The Morgan fingerprint density at radius 2 is 1.94 bits per heavy atom. The number of esters is 1. The van der Waals surface area contributed by atoms with E-state index in [1.54, 1.807) is 18.2 Å². The lowest BCUT2D eigenvalue weighted by Gasteiger charge is -2.22. The molecular formula is C16H16O2. The third-order valence-corrected chi connectivity index (χ3v) is 3.34. The molecule has 1 aromatic rings. The van der Waals surface area contributed by atoms with Crippen molar-refractivity contribution in [2.75, 3.05) is 0 Å². The Morgan fingerprint density at radius 3 is 2.44 bits per heavy atom. The fraction of sp³-hybridized carbons (Fsp3) is 0.312. The summed E-state index contributed by atoms with van der Waals surface area (Å²) < 4.78 is 5.51. The molecule has 0 bridgehead atoms. The molecule has 0 atom stereocenters. The fourth-order valence-corrected chi connectivity index (χ4v) is 2.21. The van der Waals surface area contributed by atoms with Crippen molar-refractivity contribution in [1.82, 2.24) is 0 Å². The number of ether oxygens (including phenoxy) is 1. The van der Waals surface area contributed by atoms with Crippen LogP contribution in [0.5, 0.6) is 0 Å². The second-order valence-corrected chi connectivity index (χ2v) is 4.56. The molecular weight excluding hydrogens is 224 g/mol. The minimum absolute atomic E-state index is 0.342. The molecule has 0 spiro atoms. The molecule has 92 valence electrons. The maximum atomic E-state index is 12.0. The summed E-state index contributed by atoms with van der Waals surface area (Å²) in [4.78, 5) is 12.0.